The summed E-state index contributed by atoms with van der Waals surface area (Å²) in [6, 6.07) is 4.38. The van der Waals surface area contributed by atoms with Crippen LogP contribution in [0.5, 0.6) is 5.75 Å². The Morgan fingerprint density at radius 1 is 1.32 bits per heavy atom. The van der Waals surface area contributed by atoms with Gasteiger partial charge in [-0.05, 0) is 32.3 Å². The Morgan fingerprint density at radius 3 is 2.74 bits per heavy atom. The Bertz CT molecular complexity index is 423. The van der Waals surface area contributed by atoms with Crippen molar-refractivity contribution in [3.63, 3.8) is 0 Å². The van der Waals surface area contributed by atoms with Gasteiger partial charge in [0.05, 0.1) is 6.10 Å². The van der Waals surface area contributed by atoms with E-state index in [1.807, 2.05) is 6.92 Å². The number of ether oxygens (including phenoxy) is 2. The van der Waals surface area contributed by atoms with Crippen molar-refractivity contribution in [1.29, 1.82) is 0 Å². The number of benzene rings is 1. The van der Waals surface area contributed by atoms with E-state index in [1.54, 1.807) is 13.2 Å². The summed E-state index contributed by atoms with van der Waals surface area (Å²) in [5, 5.41) is 0. The molecule has 0 amide bonds. The highest BCUT2D eigenvalue weighted by Gasteiger charge is 2.24. The van der Waals surface area contributed by atoms with E-state index in [9.17, 15) is 4.39 Å². The maximum absolute atomic E-state index is 13.4. The summed E-state index contributed by atoms with van der Waals surface area (Å²) >= 11 is 0. The first-order valence-electron chi connectivity index (χ1n) is 6.84. The molecule has 0 bridgehead atoms. The van der Waals surface area contributed by atoms with Crippen molar-refractivity contribution in [3.8, 4) is 5.75 Å². The fraction of sp³-hybridized carbons (Fsp3) is 0.600. The molecule has 2 N–H and O–H groups in total. The third-order valence-corrected chi connectivity index (χ3v) is 3.67. The summed E-state index contributed by atoms with van der Waals surface area (Å²) in [5.74, 6) is 0.273. The largest absolute Gasteiger partial charge is 0.490 e. The number of hydrogen-bond donors (Lipinski definition) is 1. The zero-order chi connectivity index (χ0) is 13.8. The summed E-state index contributed by atoms with van der Waals surface area (Å²) in [6.07, 6.45) is 4.30. The zero-order valence-electron chi connectivity index (χ0n) is 11.6. The van der Waals surface area contributed by atoms with E-state index < -0.39 is 0 Å². The van der Waals surface area contributed by atoms with Gasteiger partial charge in [-0.25, -0.2) is 4.39 Å². The molecule has 0 saturated heterocycles. The topological polar surface area (TPSA) is 44.5 Å². The van der Waals surface area contributed by atoms with E-state index in [2.05, 4.69) is 0 Å². The average Bonchev–Trinajstić information content (AvgIpc) is 2.38. The van der Waals surface area contributed by atoms with E-state index in [1.165, 1.54) is 12.1 Å². The highest BCUT2D eigenvalue weighted by molar-refractivity contribution is 5.36. The van der Waals surface area contributed by atoms with Crippen molar-refractivity contribution >= 4 is 0 Å². The molecule has 0 heterocycles. The summed E-state index contributed by atoms with van der Waals surface area (Å²) < 4.78 is 24.7. The lowest BCUT2D eigenvalue weighted by atomic mass is 9.94. The maximum Gasteiger partial charge on any atom is 0.127 e. The minimum absolute atomic E-state index is 0.0815. The Kier molecular flexibility index (Phi) is 4.77. The fourth-order valence-corrected chi connectivity index (χ4v) is 2.59. The predicted molar refractivity (Wildman–Crippen MR) is 72.7 cm³/mol. The molecule has 106 valence electrons. The molecular weight excluding hydrogens is 245 g/mol. The summed E-state index contributed by atoms with van der Waals surface area (Å²) in [4.78, 5) is 0. The second kappa shape index (κ2) is 6.35. The Hall–Kier alpha value is -1.13. The quantitative estimate of drug-likeness (QED) is 0.911. The maximum atomic E-state index is 13.4. The number of rotatable bonds is 4. The van der Waals surface area contributed by atoms with Crippen molar-refractivity contribution in [2.24, 2.45) is 5.73 Å². The second-order valence-electron chi connectivity index (χ2n) is 5.23. The number of nitrogens with two attached hydrogens (primary N) is 1. The van der Waals surface area contributed by atoms with E-state index in [-0.39, 0.29) is 24.1 Å². The van der Waals surface area contributed by atoms with E-state index in [4.69, 9.17) is 15.2 Å². The van der Waals surface area contributed by atoms with Crippen LogP contribution >= 0.6 is 0 Å². The average molecular weight is 267 g/mol. The second-order valence-corrected chi connectivity index (χ2v) is 5.23. The van der Waals surface area contributed by atoms with Gasteiger partial charge >= 0.3 is 0 Å². The minimum Gasteiger partial charge on any atom is -0.490 e. The molecule has 3 atom stereocenters. The number of halogens is 1. The van der Waals surface area contributed by atoms with Crippen LogP contribution in [0.2, 0.25) is 0 Å². The van der Waals surface area contributed by atoms with E-state index >= 15 is 0 Å². The molecule has 19 heavy (non-hydrogen) atoms. The van der Waals surface area contributed by atoms with E-state index in [0.717, 1.165) is 31.2 Å². The first-order chi connectivity index (χ1) is 9.10. The molecule has 2 unspecified atom stereocenters. The van der Waals surface area contributed by atoms with Crippen molar-refractivity contribution in [1.82, 2.24) is 0 Å². The molecule has 1 aromatic rings. The third-order valence-electron chi connectivity index (χ3n) is 3.67. The van der Waals surface area contributed by atoms with Gasteiger partial charge in [0, 0.05) is 31.2 Å². The van der Waals surface area contributed by atoms with Crippen LogP contribution in [0.3, 0.4) is 0 Å². The van der Waals surface area contributed by atoms with Crippen LogP contribution in [-0.4, -0.2) is 19.3 Å². The van der Waals surface area contributed by atoms with Gasteiger partial charge < -0.3 is 15.2 Å². The first-order valence-corrected chi connectivity index (χ1v) is 6.84. The third kappa shape index (κ3) is 3.67. The van der Waals surface area contributed by atoms with Gasteiger partial charge in [0.25, 0.3) is 0 Å². The first kappa shape index (κ1) is 14.3. The van der Waals surface area contributed by atoms with Crippen LogP contribution in [0, 0.1) is 5.82 Å². The van der Waals surface area contributed by atoms with Crippen molar-refractivity contribution in [2.75, 3.05) is 7.11 Å². The van der Waals surface area contributed by atoms with Gasteiger partial charge in [-0.3, -0.25) is 0 Å². The lowest BCUT2D eigenvalue weighted by Crippen LogP contribution is -2.30. The minimum atomic E-state index is -0.293. The summed E-state index contributed by atoms with van der Waals surface area (Å²) in [5.41, 5.74) is 6.74. The zero-order valence-corrected chi connectivity index (χ0v) is 11.6. The van der Waals surface area contributed by atoms with Crippen LogP contribution < -0.4 is 10.5 Å². The summed E-state index contributed by atoms with van der Waals surface area (Å²) in [7, 11) is 1.72. The van der Waals surface area contributed by atoms with Gasteiger partial charge in [-0.1, -0.05) is 6.07 Å². The van der Waals surface area contributed by atoms with Gasteiger partial charge in [0.2, 0.25) is 0 Å². The van der Waals surface area contributed by atoms with Gasteiger partial charge in [0.1, 0.15) is 17.7 Å². The van der Waals surface area contributed by atoms with Crippen molar-refractivity contribution in [3.05, 3.63) is 29.6 Å². The highest BCUT2D eigenvalue weighted by atomic mass is 19.1. The Morgan fingerprint density at radius 2 is 2.05 bits per heavy atom. The number of hydrogen-bond acceptors (Lipinski definition) is 3. The molecule has 0 aliphatic heterocycles. The number of methoxy groups -OCH3 is 1. The fourth-order valence-electron chi connectivity index (χ4n) is 2.59. The lowest BCUT2D eigenvalue weighted by molar-refractivity contribution is 0.0205. The monoisotopic (exact) mass is 267 g/mol. The molecule has 4 heteroatoms. The van der Waals surface area contributed by atoms with Gasteiger partial charge in [-0.15, -0.1) is 0 Å². The van der Waals surface area contributed by atoms with Crippen LogP contribution in [0.15, 0.2) is 18.2 Å². The molecule has 1 saturated carbocycles. The van der Waals surface area contributed by atoms with Crippen LogP contribution in [0.1, 0.15) is 44.2 Å². The smallest absolute Gasteiger partial charge is 0.127 e. The van der Waals surface area contributed by atoms with E-state index in [0.29, 0.717) is 5.75 Å². The molecule has 1 aliphatic carbocycles. The van der Waals surface area contributed by atoms with Crippen molar-refractivity contribution in [2.45, 2.75) is 50.9 Å². The predicted octanol–water partition coefficient (Wildman–Crippen LogP) is 3.18. The molecule has 2 rings (SSSR count). The molecule has 1 fully saturated rings. The normalized spacial score (nSPS) is 25.1. The van der Waals surface area contributed by atoms with Crippen LogP contribution in [-0.2, 0) is 4.74 Å². The molecule has 1 aromatic carbocycles. The summed E-state index contributed by atoms with van der Waals surface area (Å²) in [6.45, 7) is 1.87. The standard InChI is InChI=1S/C15H22FNO2/c1-10(17)14-7-6-11(16)8-15(14)19-13-5-3-4-12(9-13)18-2/h6-8,10,12-13H,3-5,9,17H2,1-2H3/t10-,12?,13?/m1/s1. The molecule has 0 radical (unpaired) electrons. The molecule has 0 spiro atoms. The van der Waals surface area contributed by atoms with Gasteiger partial charge in [-0.2, -0.15) is 0 Å². The van der Waals surface area contributed by atoms with Crippen LogP contribution in [0.25, 0.3) is 0 Å². The van der Waals surface area contributed by atoms with Crippen LogP contribution in [0.4, 0.5) is 4.39 Å². The molecular formula is C15H22FNO2. The molecule has 1 aliphatic rings. The van der Waals surface area contributed by atoms with Crippen molar-refractivity contribution < 1.29 is 13.9 Å². The Balaban J connectivity index is 2.11. The highest BCUT2D eigenvalue weighted by Crippen LogP contribution is 2.30. The lowest BCUT2D eigenvalue weighted by Gasteiger charge is -2.29. The molecule has 3 nitrogen and oxygen atoms in total. The SMILES string of the molecule is COC1CCCC(Oc2cc(F)ccc2[C@@H](C)N)C1. The Labute approximate surface area is 113 Å². The molecule has 0 aromatic heterocycles. The van der Waals surface area contributed by atoms with Gasteiger partial charge in [0.15, 0.2) is 0 Å².